The Bertz CT molecular complexity index is 2060. The summed E-state index contributed by atoms with van der Waals surface area (Å²) in [6.45, 7) is 1.84. The third kappa shape index (κ3) is 13.5. The van der Waals surface area contributed by atoms with Crippen LogP contribution in [0, 0.1) is 18.1 Å². The Balaban J connectivity index is 0.000000236. The monoisotopic (exact) mass is 1040 g/mol. The molecular formula is C38H38Cl4F2N8O4Pt. The standard InChI is InChI=1S/C19H20ClFN4O2.C19H18ClFN4O2.2ClH.Pt/c2*1-26-17-10-16-13(9-18(17)27-7-3-2-6-22)19(24-11-23-16)25-12-4-5-15(21)14(20)8-12;;;/h4-5,8-11H,2-3,6-7,22H2,1H3,(H,23,24,25);3-5,8-11,22H,2,6-7H2,1H3,(H,23,24,25);2*1H;/q;-2;;;+4/p-2. The normalized spacial score (nSPS) is 10.6. The van der Waals surface area contributed by atoms with E-state index in [1.54, 1.807) is 44.6 Å². The molecule has 0 saturated heterocycles. The van der Waals surface area contributed by atoms with Gasteiger partial charge >= 0.3 is 35.3 Å². The number of anilines is 4. The van der Waals surface area contributed by atoms with Crippen molar-refractivity contribution in [2.24, 2.45) is 5.73 Å². The molecular weight excluding hydrogens is 1010 g/mol. The van der Waals surface area contributed by atoms with E-state index in [-0.39, 0.29) is 10.0 Å². The van der Waals surface area contributed by atoms with Crippen molar-refractivity contribution < 1.29 is 44.2 Å². The molecule has 306 valence electrons. The summed E-state index contributed by atoms with van der Waals surface area (Å²) >= 11 is 11.2. The molecule has 0 saturated carbocycles. The maximum absolute atomic E-state index is 13.4. The molecule has 5 N–H and O–H groups in total. The number of benzene rings is 4. The van der Waals surface area contributed by atoms with Crippen molar-refractivity contribution in [2.75, 3.05) is 51.2 Å². The van der Waals surface area contributed by atoms with Gasteiger partial charge in [0, 0.05) is 34.3 Å². The van der Waals surface area contributed by atoms with Gasteiger partial charge in [-0.05, 0) is 74.5 Å². The zero-order valence-electron chi connectivity index (χ0n) is 30.5. The van der Waals surface area contributed by atoms with Gasteiger partial charge < -0.3 is 41.0 Å². The second-order valence-electron chi connectivity index (χ2n) is 11.5. The van der Waals surface area contributed by atoms with Gasteiger partial charge in [0.1, 0.15) is 35.9 Å². The van der Waals surface area contributed by atoms with Gasteiger partial charge in [-0.1, -0.05) is 23.2 Å². The van der Waals surface area contributed by atoms with Gasteiger partial charge in [0.2, 0.25) is 0 Å². The van der Waals surface area contributed by atoms with E-state index in [2.05, 4.69) is 30.6 Å². The van der Waals surface area contributed by atoms with E-state index >= 15 is 0 Å². The molecule has 19 heteroatoms. The van der Waals surface area contributed by atoms with Crippen LogP contribution in [0.4, 0.5) is 31.8 Å². The van der Waals surface area contributed by atoms with Crippen LogP contribution in [-0.2, 0) is 16.5 Å². The second-order valence-corrected chi connectivity index (χ2v) is 15.6. The minimum atomic E-state index is -0.487. The van der Waals surface area contributed by atoms with Gasteiger partial charge in [0.05, 0.1) is 41.9 Å². The van der Waals surface area contributed by atoms with Gasteiger partial charge in [0.25, 0.3) is 0 Å². The molecule has 0 aliphatic carbocycles. The quantitative estimate of drug-likeness (QED) is 0.0625. The fourth-order valence-corrected chi connectivity index (χ4v) is 5.42. The number of halogens is 6. The van der Waals surface area contributed by atoms with Crippen molar-refractivity contribution in [2.45, 2.75) is 19.3 Å². The van der Waals surface area contributed by atoms with E-state index in [1.165, 1.54) is 36.9 Å². The molecule has 0 fully saturated rings. The van der Waals surface area contributed by atoms with Crippen molar-refractivity contribution in [1.29, 1.82) is 0 Å². The summed E-state index contributed by atoms with van der Waals surface area (Å²) in [5, 5.41) is 7.78. The van der Waals surface area contributed by atoms with Gasteiger partial charge in [-0.2, -0.15) is 13.0 Å². The molecule has 12 nitrogen and oxygen atoms in total. The van der Waals surface area contributed by atoms with Crippen molar-refractivity contribution in [3.8, 4) is 23.0 Å². The van der Waals surface area contributed by atoms with E-state index in [9.17, 15) is 8.78 Å². The first-order valence-corrected chi connectivity index (χ1v) is 23.4. The fourth-order valence-electron chi connectivity index (χ4n) is 5.06. The minimum absolute atomic E-state index is 0.0222. The first-order chi connectivity index (χ1) is 27.6. The molecule has 2 heterocycles. The molecule has 6 rings (SSSR count). The summed E-state index contributed by atoms with van der Waals surface area (Å²) in [5.74, 6) is 2.40. The third-order valence-corrected chi connectivity index (χ3v) is 8.35. The first kappa shape index (κ1) is 45.7. The number of nitrogens with one attached hydrogen (secondary N) is 3. The van der Waals surface area contributed by atoms with Crippen molar-refractivity contribution in [1.82, 2.24) is 19.9 Å². The van der Waals surface area contributed by atoms with Crippen LogP contribution in [0.5, 0.6) is 23.0 Å². The number of unbranched alkanes of at least 4 members (excludes halogenated alkanes) is 2. The number of fused-ring (bicyclic) bond motifs is 2. The zero-order chi connectivity index (χ0) is 41.2. The Morgan fingerprint density at radius 3 is 1.65 bits per heavy atom. The Morgan fingerprint density at radius 2 is 1.21 bits per heavy atom. The molecule has 2 aromatic heterocycles. The fraction of sp³-hybridized carbons (Fsp3) is 0.237. The topological polar surface area (TPSA) is 162 Å². The van der Waals surface area contributed by atoms with E-state index in [1.807, 2.05) is 12.5 Å². The summed E-state index contributed by atoms with van der Waals surface area (Å²) in [5.41, 5.74) is 15.2. The molecule has 0 aliphatic heterocycles. The number of aromatic nitrogens is 4. The Morgan fingerprint density at radius 1 is 0.719 bits per heavy atom. The number of nitrogens with two attached hydrogens (primary N) is 1. The van der Waals surface area contributed by atoms with E-state index in [4.69, 9.17) is 72.5 Å². The molecule has 0 bridgehead atoms. The summed E-state index contributed by atoms with van der Waals surface area (Å²) in [4.78, 5) is 17.1. The van der Waals surface area contributed by atoms with Crippen LogP contribution in [0.15, 0.2) is 73.3 Å². The summed E-state index contributed by atoms with van der Waals surface area (Å²) in [7, 11) is 12.9. The number of ether oxygens (including phenoxy) is 4. The predicted molar refractivity (Wildman–Crippen MR) is 221 cm³/mol. The summed E-state index contributed by atoms with van der Waals surface area (Å²) in [6, 6.07) is 15.9. The van der Waals surface area contributed by atoms with Crippen LogP contribution in [-0.4, -0.2) is 60.5 Å². The number of hydrogen-bond acceptors (Lipinski definition) is 11. The van der Waals surface area contributed by atoms with E-state index < -0.39 is 28.1 Å². The van der Waals surface area contributed by atoms with Gasteiger partial charge in [-0.25, -0.2) is 28.7 Å². The Kier molecular flexibility index (Phi) is 19.3. The van der Waals surface area contributed by atoms with Gasteiger partial charge in [-0.15, -0.1) is 0 Å². The number of methoxy groups -OCH3 is 2. The number of nitrogens with zero attached hydrogens (tertiary/aromatic N) is 4. The van der Waals surface area contributed by atoms with Crippen molar-refractivity contribution in [3.05, 3.63) is 107 Å². The van der Waals surface area contributed by atoms with Crippen LogP contribution in [0.25, 0.3) is 27.5 Å². The first-order valence-electron chi connectivity index (χ1n) is 17.0. The van der Waals surface area contributed by atoms with Crippen LogP contribution in [0.3, 0.4) is 0 Å². The zero-order valence-corrected chi connectivity index (χ0v) is 35.8. The predicted octanol–water partition coefficient (Wildman–Crippen LogP) is 10.9. The third-order valence-electron chi connectivity index (χ3n) is 7.77. The van der Waals surface area contributed by atoms with E-state index in [0.29, 0.717) is 95.2 Å². The SMILES string of the molecule is COc1cc2ncnc(Nc3ccc(F)c(Cl)c3)c2cc1OCCCCN.COc1cc2ncnc(Nc3ccc(F)c(Cl)c3)c2cc1OC[CH-]CC[NH-].[Cl][Pt+2][Cl]. The Hall–Kier alpha value is -4.01. The molecule has 57 heavy (non-hydrogen) atoms. The molecule has 0 amide bonds. The van der Waals surface area contributed by atoms with Gasteiger partial charge in [-0.3, -0.25) is 6.42 Å². The Labute approximate surface area is 355 Å². The van der Waals surface area contributed by atoms with E-state index in [0.717, 1.165) is 18.2 Å². The molecule has 6 aromatic rings. The van der Waals surface area contributed by atoms with Crippen LogP contribution >= 0.6 is 42.0 Å². The average Bonchev–Trinajstić information content (AvgIpc) is 3.21. The number of hydrogen-bond donors (Lipinski definition) is 3. The number of rotatable bonds is 16. The molecule has 0 unspecified atom stereocenters. The molecule has 0 spiro atoms. The van der Waals surface area contributed by atoms with Crippen LogP contribution < -0.4 is 35.3 Å². The second kappa shape index (κ2) is 24.0. The van der Waals surface area contributed by atoms with Crippen LogP contribution in [0.1, 0.15) is 19.3 Å². The summed E-state index contributed by atoms with van der Waals surface area (Å²) in [6.07, 6.45) is 7.14. The van der Waals surface area contributed by atoms with Crippen molar-refractivity contribution >= 4 is 86.9 Å². The molecule has 0 aliphatic rings. The molecule has 0 atom stereocenters. The average molecular weight is 1050 g/mol. The van der Waals surface area contributed by atoms with Crippen molar-refractivity contribution in [3.63, 3.8) is 0 Å². The molecule has 0 radical (unpaired) electrons. The molecule has 4 aromatic carbocycles. The summed E-state index contributed by atoms with van der Waals surface area (Å²) < 4.78 is 49.1. The van der Waals surface area contributed by atoms with Gasteiger partial charge in [0.15, 0.2) is 23.0 Å². The van der Waals surface area contributed by atoms with Crippen LogP contribution in [0.2, 0.25) is 10.0 Å². The maximum atomic E-state index is 13.4.